The van der Waals surface area contributed by atoms with Gasteiger partial charge in [0.25, 0.3) is 5.91 Å². The van der Waals surface area contributed by atoms with Crippen molar-refractivity contribution in [3.63, 3.8) is 0 Å². The number of carbonyl (C=O) groups excluding carboxylic acids is 3. The summed E-state index contributed by atoms with van der Waals surface area (Å²) in [5.74, 6) is -0.495. The van der Waals surface area contributed by atoms with Crippen molar-refractivity contribution in [3.05, 3.63) is 24.3 Å². The number of aromatic nitrogens is 1. The molecule has 0 radical (unpaired) electrons. The zero-order valence-corrected chi connectivity index (χ0v) is 15.4. The number of fused-ring (bicyclic) bond motifs is 1. The molecule has 2 amide bonds. The van der Waals surface area contributed by atoms with Gasteiger partial charge in [0.15, 0.2) is 10.9 Å². The topological polar surface area (TPSA) is 97.4 Å². The van der Waals surface area contributed by atoms with E-state index >= 15 is 0 Å². The molecule has 7 nitrogen and oxygen atoms in total. The quantitative estimate of drug-likeness (QED) is 0.389. The number of thioether (sulfide) groups is 1. The SMILES string of the molecule is CNC(=O)CNC(=O)COC(=O)CCCSc1nc2ccccc2s1. The minimum atomic E-state index is -0.499. The second-order valence-corrected chi connectivity index (χ2v) is 7.38. The predicted octanol–water partition coefficient (Wildman–Crippen LogP) is 1.57. The number of rotatable bonds is 9. The van der Waals surface area contributed by atoms with Gasteiger partial charge in [0, 0.05) is 19.2 Å². The van der Waals surface area contributed by atoms with Gasteiger partial charge in [-0.05, 0) is 18.6 Å². The molecule has 2 aromatic rings. The van der Waals surface area contributed by atoms with Gasteiger partial charge < -0.3 is 15.4 Å². The lowest BCUT2D eigenvalue weighted by molar-refractivity contribution is -0.148. The van der Waals surface area contributed by atoms with Crippen molar-refractivity contribution in [1.82, 2.24) is 15.6 Å². The Kier molecular flexibility index (Phi) is 7.68. The molecule has 2 rings (SSSR count). The minimum absolute atomic E-state index is 0.133. The molecule has 0 unspecified atom stereocenters. The summed E-state index contributed by atoms with van der Waals surface area (Å²) < 4.78 is 6.99. The molecule has 0 spiro atoms. The van der Waals surface area contributed by atoms with Crippen molar-refractivity contribution >= 4 is 51.1 Å². The van der Waals surface area contributed by atoms with Crippen LogP contribution < -0.4 is 10.6 Å². The molecule has 0 saturated carbocycles. The van der Waals surface area contributed by atoms with Crippen LogP contribution in [0.4, 0.5) is 0 Å². The number of hydrogen-bond donors (Lipinski definition) is 2. The summed E-state index contributed by atoms with van der Waals surface area (Å²) in [7, 11) is 1.47. The Labute approximate surface area is 153 Å². The number of likely N-dealkylation sites (N-methyl/N-ethyl adjacent to an activating group) is 1. The third kappa shape index (κ3) is 6.71. The minimum Gasteiger partial charge on any atom is -0.456 e. The summed E-state index contributed by atoms with van der Waals surface area (Å²) in [4.78, 5) is 38.5. The van der Waals surface area contributed by atoms with Gasteiger partial charge in [0.2, 0.25) is 5.91 Å². The standard InChI is InChI=1S/C16H19N3O4S2/c1-17-13(20)9-18-14(21)10-23-15(22)7-4-8-24-16-19-11-5-2-3-6-12(11)25-16/h2-3,5-6H,4,7-10H2,1H3,(H,17,20)(H,18,21). The van der Waals surface area contributed by atoms with Crippen molar-refractivity contribution in [2.45, 2.75) is 17.2 Å². The average Bonchev–Trinajstić information content (AvgIpc) is 3.04. The molecule has 0 aliphatic carbocycles. The maximum absolute atomic E-state index is 11.6. The fraction of sp³-hybridized carbons (Fsp3) is 0.375. The summed E-state index contributed by atoms with van der Waals surface area (Å²) in [6, 6.07) is 7.94. The van der Waals surface area contributed by atoms with Gasteiger partial charge in [0.05, 0.1) is 16.8 Å². The van der Waals surface area contributed by atoms with E-state index in [1.165, 1.54) is 7.05 Å². The number of thiazole rings is 1. The van der Waals surface area contributed by atoms with Crippen molar-refractivity contribution in [2.75, 3.05) is 26.0 Å². The Morgan fingerprint density at radius 2 is 2.04 bits per heavy atom. The maximum Gasteiger partial charge on any atom is 0.306 e. The Bertz CT molecular complexity index is 715. The first-order valence-electron chi connectivity index (χ1n) is 7.69. The number of carbonyl (C=O) groups is 3. The Morgan fingerprint density at radius 3 is 2.80 bits per heavy atom. The maximum atomic E-state index is 11.6. The monoisotopic (exact) mass is 381 g/mol. The lowest BCUT2D eigenvalue weighted by atomic mass is 10.3. The average molecular weight is 381 g/mol. The number of nitrogens with zero attached hydrogens (tertiary/aromatic N) is 1. The summed E-state index contributed by atoms with van der Waals surface area (Å²) in [6.07, 6.45) is 0.875. The first kappa shape index (κ1) is 19.2. The third-order valence-electron chi connectivity index (χ3n) is 3.11. The molecule has 1 heterocycles. The molecule has 0 aliphatic rings. The van der Waals surface area contributed by atoms with Gasteiger partial charge in [-0.2, -0.15) is 0 Å². The van der Waals surface area contributed by atoms with Gasteiger partial charge in [-0.25, -0.2) is 4.98 Å². The highest BCUT2D eigenvalue weighted by Crippen LogP contribution is 2.29. The lowest BCUT2D eigenvalue weighted by Gasteiger charge is -2.05. The fourth-order valence-electron chi connectivity index (χ4n) is 1.83. The first-order valence-corrected chi connectivity index (χ1v) is 9.50. The molecular weight excluding hydrogens is 362 g/mol. The van der Waals surface area contributed by atoms with E-state index in [4.69, 9.17) is 4.74 Å². The molecular formula is C16H19N3O4S2. The van der Waals surface area contributed by atoms with E-state index in [1.807, 2.05) is 24.3 Å². The van der Waals surface area contributed by atoms with E-state index in [0.29, 0.717) is 6.42 Å². The van der Waals surface area contributed by atoms with E-state index in [1.54, 1.807) is 23.1 Å². The molecule has 2 N–H and O–H groups in total. The van der Waals surface area contributed by atoms with E-state index in [0.717, 1.165) is 20.3 Å². The number of amides is 2. The van der Waals surface area contributed by atoms with Crippen LogP contribution in [0.25, 0.3) is 10.2 Å². The largest absolute Gasteiger partial charge is 0.456 e. The molecule has 9 heteroatoms. The first-order chi connectivity index (χ1) is 12.1. The Balaban J connectivity index is 1.59. The van der Waals surface area contributed by atoms with Gasteiger partial charge in [-0.3, -0.25) is 14.4 Å². The molecule has 0 bridgehead atoms. The van der Waals surface area contributed by atoms with Crippen LogP contribution in [0.5, 0.6) is 0 Å². The molecule has 0 saturated heterocycles. The molecule has 1 aromatic carbocycles. The van der Waals surface area contributed by atoms with Crippen molar-refractivity contribution in [2.24, 2.45) is 0 Å². The van der Waals surface area contributed by atoms with Crippen LogP contribution in [-0.2, 0) is 19.1 Å². The normalized spacial score (nSPS) is 10.4. The number of esters is 1. The summed E-state index contributed by atoms with van der Waals surface area (Å²) in [5.41, 5.74) is 0.983. The molecule has 25 heavy (non-hydrogen) atoms. The summed E-state index contributed by atoms with van der Waals surface area (Å²) in [6.45, 7) is -0.507. The lowest BCUT2D eigenvalue weighted by Crippen LogP contribution is -2.37. The van der Waals surface area contributed by atoms with E-state index in [2.05, 4.69) is 15.6 Å². The highest BCUT2D eigenvalue weighted by molar-refractivity contribution is 8.01. The number of hydrogen-bond acceptors (Lipinski definition) is 7. The van der Waals surface area contributed by atoms with Crippen LogP contribution in [0.2, 0.25) is 0 Å². The van der Waals surface area contributed by atoms with Gasteiger partial charge in [0.1, 0.15) is 0 Å². The predicted molar refractivity (Wildman–Crippen MR) is 97.6 cm³/mol. The van der Waals surface area contributed by atoms with Crippen LogP contribution in [0.3, 0.4) is 0 Å². The Morgan fingerprint density at radius 1 is 1.24 bits per heavy atom. The fourth-order valence-corrected chi connectivity index (χ4v) is 3.90. The number of ether oxygens (including phenoxy) is 1. The van der Waals surface area contributed by atoms with Gasteiger partial charge in [-0.15, -0.1) is 11.3 Å². The molecule has 0 aliphatic heterocycles. The van der Waals surface area contributed by atoms with Crippen LogP contribution in [0.15, 0.2) is 28.6 Å². The molecule has 134 valence electrons. The van der Waals surface area contributed by atoms with E-state index in [-0.39, 0.29) is 25.5 Å². The number of para-hydroxylation sites is 1. The number of benzene rings is 1. The summed E-state index contributed by atoms with van der Waals surface area (Å²) in [5, 5.41) is 4.72. The molecule has 1 aromatic heterocycles. The highest BCUT2D eigenvalue weighted by Gasteiger charge is 2.09. The second kappa shape index (κ2) is 10.00. The van der Waals surface area contributed by atoms with Crippen LogP contribution in [0.1, 0.15) is 12.8 Å². The Hall–Kier alpha value is -2.13. The number of nitrogens with one attached hydrogen (secondary N) is 2. The zero-order chi connectivity index (χ0) is 18.1. The van der Waals surface area contributed by atoms with Gasteiger partial charge in [-0.1, -0.05) is 23.9 Å². The highest BCUT2D eigenvalue weighted by atomic mass is 32.2. The van der Waals surface area contributed by atoms with Gasteiger partial charge >= 0.3 is 5.97 Å². The summed E-state index contributed by atoms with van der Waals surface area (Å²) >= 11 is 3.23. The molecule has 0 atom stereocenters. The second-order valence-electron chi connectivity index (χ2n) is 5.01. The zero-order valence-electron chi connectivity index (χ0n) is 13.7. The van der Waals surface area contributed by atoms with Crippen molar-refractivity contribution < 1.29 is 19.1 Å². The van der Waals surface area contributed by atoms with Crippen molar-refractivity contribution in [3.8, 4) is 0 Å². The van der Waals surface area contributed by atoms with Crippen LogP contribution in [-0.4, -0.2) is 48.7 Å². The van der Waals surface area contributed by atoms with E-state index < -0.39 is 11.9 Å². The smallest absolute Gasteiger partial charge is 0.306 e. The van der Waals surface area contributed by atoms with E-state index in [9.17, 15) is 14.4 Å². The van der Waals surface area contributed by atoms with Crippen LogP contribution >= 0.6 is 23.1 Å². The molecule has 0 fully saturated rings. The third-order valence-corrected chi connectivity index (χ3v) is 5.38. The van der Waals surface area contributed by atoms with Crippen molar-refractivity contribution in [1.29, 1.82) is 0 Å². The van der Waals surface area contributed by atoms with Crippen LogP contribution in [0, 0.1) is 0 Å².